The Kier molecular flexibility index (Phi) is 2.86. The third-order valence-corrected chi connectivity index (χ3v) is 5.14. The molecular formula is C17H17N3S. The van der Waals surface area contributed by atoms with Crippen molar-refractivity contribution in [2.24, 2.45) is 7.05 Å². The van der Waals surface area contributed by atoms with Crippen LogP contribution in [0.1, 0.15) is 29.5 Å². The summed E-state index contributed by atoms with van der Waals surface area (Å²) in [5.74, 6) is 1.85. The highest BCUT2D eigenvalue weighted by Crippen LogP contribution is 2.57. The summed E-state index contributed by atoms with van der Waals surface area (Å²) in [5.41, 5.74) is 9.95. The molecule has 0 radical (unpaired) electrons. The fourth-order valence-electron chi connectivity index (χ4n) is 3.06. The largest absolute Gasteiger partial charge is 0.383 e. The van der Waals surface area contributed by atoms with E-state index in [1.54, 1.807) is 11.3 Å². The molecule has 21 heavy (non-hydrogen) atoms. The van der Waals surface area contributed by atoms with Gasteiger partial charge in [-0.1, -0.05) is 36.4 Å². The number of rotatable bonds is 3. The Morgan fingerprint density at radius 3 is 2.67 bits per heavy atom. The number of nitrogens with two attached hydrogens (primary N) is 1. The lowest BCUT2D eigenvalue weighted by atomic mass is 10.1. The quantitative estimate of drug-likeness (QED) is 0.793. The molecule has 1 aliphatic carbocycles. The van der Waals surface area contributed by atoms with Crippen LogP contribution in [0.4, 0.5) is 5.82 Å². The molecule has 0 bridgehead atoms. The Bertz CT molecular complexity index is 759. The first kappa shape index (κ1) is 12.7. The van der Waals surface area contributed by atoms with Crippen LogP contribution in [-0.4, -0.2) is 9.78 Å². The van der Waals surface area contributed by atoms with E-state index in [2.05, 4.69) is 47.8 Å². The molecule has 0 spiro atoms. The zero-order valence-corrected chi connectivity index (χ0v) is 12.7. The molecule has 3 aromatic rings. The predicted octanol–water partition coefficient (Wildman–Crippen LogP) is 4.00. The minimum absolute atomic E-state index is 0.494. The van der Waals surface area contributed by atoms with E-state index in [9.17, 15) is 0 Å². The number of hydrogen-bond donors (Lipinski definition) is 1. The summed E-state index contributed by atoms with van der Waals surface area (Å²) in [6.07, 6.45) is 1.17. The lowest BCUT2D eigenvalue weighted by Gasteiger charge is -2.02. The van der Waals surface area contributed by atoms with Crippen LogP contribution in [0.3, 0.4) is 0 Å². The number of aryl methyl sites for hydroxylation is 1. The fraction of sp³-hybridized carbons (Fsp3) is 0.235. The molecule has 2 heterocycles. The minimum Gasteiger partial charge on any atom is -0.383 e. The molecule has 2 aromatic heterocycles. The van der Waals surface area contributed by atoms with Crippen molar-refractivity contribution in [3.63, 3.8) is 0 Å². The van der Waals surface area contributed by atoms with Gasteiger partial charge in [0.05, 0.1) is 11.3 Å². The van der Waals surface area contributed by atoms with Crippen molar-refractivity contribution in [3.8, 4) is 10.4 Å². The van der Waals surface area contributed by atoms with Gasteiger partial charge in [-0.25, -0.2) is 0 Å². The molecule has 1 aromatic carbocycles. The minimum atomic E-state index is 0.494. The number of aromatic nitrogens is 2. The van der Waals surface area contributed by atoms with Crippen LogP contribution >= 0.6 is 11.3 Å². The number of nitrogen functional groups attached to an aromatic ring is 1. The second-order valence-corrected chi connectivity index (χ2v) is 6.55. The molecule has 0 saturated heterocycles. The molecule has 2 atom stereocenters. The molecule has 1 aliphatic rings. The monoisotopic (exact) mass is 295 g/mol. The fourth-order valence-corrected chi connectivity index (χ4v) is 3.85. The molecule has 0 aliphatic heterocycles. The maximum Gasteiger partial charge on any atom is 0.130 e. The summed E-state index contributed by atoms with van der Waals surface area (Å²) >= 11 is 1.73. The molecule has 0 amide bonds. The van der Waals surface area contributed by atoms with Crippen molar-refractivity contribution >= 4 is 17.2 Å². The summed E-state index contributed by atoms with van der Waals surface area (Å²) < 4.78 is 1.81. The Balaban J connectivity index is 1.73. The van der Waals surface area contributed by atoms with E-state index in [0.29, 0.717) is 11.8 Å². The number of hydrogen-bond acceptors (Lipinski definition) is 3. The maximum atomic E-state index is 6.25. The van der Waals surface area contributed by atoms with Gasteiger partial charge in [-0.15, -0.1) is 11.3 Å². The van der Waals surface area contributed by atoms with Crippen LogP contribution in [0.15, 0.2) is 47.8 Å². The van der Waals surface area contributed by atoms with Crippen LogP contribution in [0, 0.1) is 0 Å². The molecule has 1 fully saturated rings. The van der Waals surface area contributed by atoms with Crippen molar-refractivity contribution in [2.75, 3.05) is 5.73 Å². The van der Waals surface area contributed by atoms with E-state index in [1.807, 2.05) is 11.7 Å². The Morgan fingerprint density at radius 2 is 1.95 bits per heavy atom. The molecule has 4 heteroatoms. The summed E-state index contributed by atoms with van der Waals surface area (Å²) in [4.78, 5) is 1.22. The maximum absolute atomic E-state index is 6.25. The van der Waals surface area contributed by atoms with E-state index in [-0.39, 0.29) is 0 Å². The van der Waals surface area contributed by atoms with Gasteiger partial charge >= 0.3 is 0 Å². The Morgan fingerprint density at radius 1 is 1.14 bits per heavy atom. The van der Waals surface area contributed by atoms with Crippen molar-refractivity contribution in [2.45, 2.75) is 18.3 Å². The second-order valence-electron chi connectivity index (χ2n) is 5.61. The third kappa shape index (κ3) is 2.07. The van der Waals surface area contributed by atoms with Crippen LogP contribution < -0.4 is 5.73 Å². The summed E-state index contributed by atoms with van der Waals surface area (Å²) in [7, 11) is 1.93. The van der Waals surface area contributed by atoms with Gasteiger partial charge in [-0.2, -0.15) is 5.10 Å². The van der Waals surface area contributed by atoms with Gasteiger partial charge < -0.3 is 5.73 Å². The van der Waals surface area contributed by atoms with Crippen LogP contribution in [0.5, 0.6) is 0 Å². The first-order valence-electron chi connectivity index (χ1n) is 7.17. The van der Waals surface area contributed by atoms with Gasteiger partial charge in [-0.3, -0.25) is 4.68 Å². The summed E-state index contributed by atoms with van der Waals surface area (Å²) in [6, 6.07) is 14.9. The van der Waals surface area contributed by atoms with Crippen LogP contribution in [0.25, 0.3) is 10.4 Å². The summed E-state index contributed by atoms with van der Waals surface area (Å²) in [5, 5.41) is 6.79. The zero-order chi connectivity index (χ0) is 14.4. The third-order valence-electron chi connectivity index (χ3n) is 4.26. The van der Waals surface area contributed by atoms with Crippen LogP contribution in [-0.2, 0) is 7.05 Å². The van der Waals surface area contributed by atoms with Gasteiger partial charge in [-0.05, 0) is 29.3 Å². The Labute approximate surface area is 128 Å². The molecule has 1 saturated carbocycles. The standard InChI is InChI=1S/C17H17N3S/c1-20-17(18)15(14-8-5-9-21-14)16(19-20)13-10-12(13)11-6-3-2-4-7-11/h2-9,12-13H,10,18H2,1H3. The van der Waals surface area contributed by atoms with E-state index in [4.69, 9.17) is 10.8 Å². The lowest BCUT2D eigenvalue weighted by Crippen LogP contribution is -1.97. The van der Waals surface area contributed by atoms with Crippen LogP contribution in [0.2, 0.25) is 0 Å². The molecular weight excluding hydrogens is 278 g/mol. The van der Waals surface area contributed by atoms with Gasteiger partial charge in [0.25, 0.3) is 0 Å². The van der Waals surface area contributed by atoms with Gasteiger partial charge in [0.2, 0.25) is 0 Å². The number of anilines is 1. The molecule has 2 N–H and O–H groups in total. The highest BCUT2D eigenvalue weighted by Gasteiger charge is 2.43. The van der Waals surface area contributed by atoms with E-state index in [1.165, 1.54) is 16.9 Å². The number of thiophene rings is 1. The first-order valence-corrected chi connectivity index (χ1v) is 8.05. The van der Waals surface area contributed by atoms with Crippen molar-refractivity contribution in [1.82, 2.24) is 9.78 Å². The van der Waals surface area contributed by atoms with E-state index >= 15 is 0 Å². The highest BCUT2D eigenvalue weighted by molar-refractivity contribution is 7.13. The van der Waals surface area contributed by atoms with Gasteiger partial charge in [0, 0.05) is 17.8 Å². The molecule has 106 valence electrons. The second kappa shape index (κ2) is 4.74. The highest BCUT2D eigenvalue weighted by atomic mass is 32.1. The molecule has 4 rings (SSSR count). The lowest BCUT2D eigenvalue weighted by molar-refractivity contribution is 0.749. The number of benzene rings is 1. The van der Waals surface area contributed by atoms with Crippen molar-refractivity contribution in [3.05, 3.63) is 59.1 Å². The average molecular weight is 295 g/mol. The SMILES string of the molecule is Cn1nc(C2CC2c2ccccc2)c(-c2cccs2)c1N. The zero-order valence-electron chi connectivity index (χ0n) is 11.9. The van der Waals surface area contributed by atoms with Crippen molar-refractivity contribution < 1.29 is 0 Å². The van der Waals surface area contributed by atoms with Gasteiger partial charge in [0.1, 0.15) is 5.82 Å². The Hall–Kier alpha value is -2.07. The number of nitrogens with zero attached hydrogens (tertiary/aromatic N) is 2. The van der Waals surface area contributed by atoms with Crippen molar-refractivity contribution in [1.29, 1.82) is 0 Å². The molecule has 2 unspecified atom stereocenters. The molecule has 3 nitrogen and oxygen atoms in total. The normalized spacial score (nSPS) is 20.6. The smallest absolute Gasteiger partial charge is 0.130 e. The topological polar surface area (TPSA) is 43.8 Å². The average Bonchev–Trinajstić information content (AvgIpc) is 3.02. The summed E-state index contributed by atoms with van der Waals surface area (Å²) in [6.45, 7) is 0. The van der Waals surface area contributed by atoms with Gasteiger partial charge in [0.15, 0.2) is 0 Å². The van der Waals surface area contributed by atoms with E-state index in [0.717, 1.165) is 17.1 Å². The predicted molar refractivity (Wildman–Crippen MR) is 87.5 cm³/mol. The first-order chi connectivity index (χ1) is 10.3. The van der Waals surface area contributed by atoms with E-state index < -0.39 is 0 Å².